The molecular weight excluding hydrogens is 254 g/mol. The van der Waals surface area contributed by atoms with Gasteiger partial charge in [0, 0.05) is 30.5 Å². The molecule has 2 aliphatic heterocycles. The van der Waals surface area contributed by atoms with E-state index in [1.807, 2.05) is 30.3 Å². The van der Waals surface area contributed by atoms with E-state index < -0.39 is 11.7 Å². The molecule has 1 aromatic rings. The number of fused-ring (bicyclic) bond motifs is 2. The molecule has 104 valence electrons. The minimum absolute atomic E-state index is 0.0960. The molecule has 20 heavy (non-hydrogen) atoms. The van der Waals surface area contributed by atoms with Crippen LogP contribution in [-0.4, -0.2) is 38.9 Å². The number of hydrogen-bond donors (Lipinski definition) is 2. The van der Waals surface area contributed by atoms with E-state index in [9.17, 15) is 15.0 Å². The van der Waals surface area contributed by atoms with Gasteiger partial charge in [-0.1, -0.05) is 30.0 Å². The average Bonchev–Trinajstić information content (AvgIpc) is 2.72. The SMILES string of the molecule is O=C(O)N1C2CCC1CC(O)(C#Cc1ccccc1)C2. The third kappa shape index (κ3) is 2.37. The topological polar surface area (TPSA) is 60.8 Å². The fourth-order valence-corrected chi connectivity index (χ4v) is 3.35. The standard InChI is InChI=1S/C16H17NO3/c18-15(19)17-13-6-7-14(17)11-16(20,10-13)9-8-12-4-2-1-3-5-12/h1-5,13-14,20H,6-7,10-11H2,(H,18,19). The molecule has 2 saturated heterocycles. The fourth-order valence-electron chi connectivity index (χ4n) is 3.35. The van der Waals surface area contributed by atoms with E-state index in [1.54, 1.807) is 0 Å². The van der Waals surface area contributed by atoms with Gasteiger partial charge in [-0.05, 0) is 25.0 Å². The minimum atomic E-state index is -1.06. The molecule has 3 rings (SSSR count). The van der Waals surface area contributed by atoms with E-state index in [4.69, 9.17) is 0 Å². The maximum absolute atomic E-state index is 11.2. The second-order valence-electron chi connectivity index (χ2n) is 5.63. The summed E-state index contributed by atoms with van der Waals surface area (Å²) in [6, 6.07) is 9.35. The molecule has 1 aromatic carbocycles. The van der Waals surface area contributed by atoms with Crippen LogP contribution in [0, 0.1) is 11.8 Å². The van der Waals surface area contributed by atoms with Crippen LogP contribution in [0.25, 0.3) is 0 Å². The number of piperidine rings is 1. The number of nitrogens with zero attached hydrogens (tertiary/aromatic N) is 1. The highest BCUT2D eigenvalue weighted by molar-refractivity contribution is 5.67. The predicted octanol–water partition coefficient (Wildman–Crippen LogP) is 2.07. The summed E-state index contributed by atoms with van der Waals surface area (Å²) < 4.78 is 0. The van der Waals surface area contributed by atoms with Crippen molar-refractivity contribution in [2.75, 3.05) is 0 Å². The molecule has 0 radical (unpaired) electrons. The van der Waals surface area contributed by atoms with Gasteiger partial charge in [0.1, 0.15) is 5.60 Å². The van der Waals surface area contributed by atoms with Gasteiger partial charge in [0.25, 0.3) is 0 Å². The number of amides is 1. The van der Waals surface area contributed by atoms with Crippen molar-refractivity contribution in [3.8, 4) is 11.8 Å². The third-order valence-electron chi connectivity index (χ3n) is 4.20. The molecule has 0 saturated carbocycles. The van der Waals surface area contributed by atoms with Gasteiger partial charge in [0.05, 0.1) is 0 Å². The molecule has 4 nitrogen and oxygen atoms in total. The minimum Gasteiger partial charge on any atom is -0.465 e. The Labute approximate surface area is 118 Å². The first-order chi connectivity index (χ1) is 9.57. The Bertz CT molecular complexity index is 558. The summed E-state index contributed by atoms with van der Waals surface area (Å²) in [6.07, 6.45) is 1.60. The van der Waals surface area contributed by atoms with E-state index in [2.05, 4.69) is 11.8 Å². The molecule has 4 heteroatoms. The van der Waals surface area contributed by atoms with E-state index in [0.717, 1.165) is 18.4 Å². The van der Waals surface area contributed by atoms with Crippen LogP contribution >= 0.6 is 0 Å². The fraction of sp³-hybridized carbons (Fsp3) is 0.438. The summed E-state index contributed by atoms with van der Waals surface area (Å²) >= 11 is 0. The summed E-state index contributed by atoms with van der Waals surface area (Å²) in [4.78, 5) is 12.7. The first kappa shape index (κ1) is 13.0. The Morgan fingerprint density at radius 1 is 1.20 bits per heavy atom. The zero-order valence-corrected chi connectivity index (χ0v) is 11.1. The lowest BCUT2D eigenvalue weighted by molar-refractivity contribution is -0.00378. The summed E-state index contributed by atoms with van der Waals surface area (Å²) in [6.45, 7) is 0. The summed E-state index contributed by atoms with van der Waals surface area (Å²) in [7, 11) is 0. The molecule has 0 aromatic heterocycles. The van der Waals surface area contributed by atoms with E-state index in [1.165, 1.54) is 4.90 Å². The largest absolute Gasteiger partial charge is 0.465 e. The molecule has 1 amide bonds. The third-order valence-corrected chi connectivity index (χ3v) is 4.20. The highest BCUT2D eigenvalue weighted by Gasteiger charge is 2.48. The molecule has 2 atom stereocenters. The Morgan fingerprint density at radius 3 is 2.35 bits per heavy atom. The second-order valence-corrected chi connectivity index (χ2v) is 5.63. The lowest BCUT2D eigenvalue weighted by Crippen LogP contribution is -2.52. The van der Waals surface area contributed by atoms with E-state index in [-0.39, 0.29) is 12.1 Å². The lowest BCUT2D eigenvalue weighted by atomic mass is 9.86. The highest BCUT2D eigenvalue weighted by atomic mass is 16.4. The Balaban J connectivity index is 1.79. The van der Waals surface area contributed by atoms with Gasteiger partial charge in [-0.3, -0.25) is 0 Å². The van der Waals surface area contributed by atoms with Gasteiger partial charge >= 0.3 is 6.09 Å². The van der Waals surface area contributed by atoms with Crippen molar-refractivity contribution in [1.82, 2.24) is 4.90 Å². The Hall–Kier alpha value is -1.99. The lowest BCUT2D eigenvalue weighted by Gasteiger charge is -2.39. The molecule has 2 heterocycles. The Morgan fingerprint density at radius 2 is 1.80 bits per heavy atom. The smallest absolute Gasteiger partial charge is 0.407 e. The van der Waals surface area contributed by atoms with Crippen LogP contribution in [-0.2, 0) is 0 Å². The van der Waals surface area contributed by atoms with Crippen molar-refractivity contribution in [3.63, 3.8) is 0 Å². The molecule has 2 aliphatic rings. The van der Waals surface area contributed by atoms with Crippen LogP contribution in [0.15, 0.2) is 30.3 Å². The highest BCUT2D eigenvalue weighted by Crippen LogP contribution is 2.40. The maximum Gasteiger partial charge on any atom is 0.407 e. The molecule has 0 spiro atoms. The number of benzene rings is 1. The molecule has 2 N–H and O–H groups in total. The molecule has 2 fully saturated rings. The summed E-state index contributed by atoms with van der Waals surface area (Å²) in [5, 5.41) is 19.8. The van der Waals surface area contributed by atoms with Crippen LogP contribution in [0.4, 0.5) is 4.79 Å². The Kier molecular flexibility index (Phi) is 3.15. The average molecular weight is 271 g/mol. The van der Waals surface area contributed by atoms with Gasteiger partial charge in [0.15, 0.2) is 0 Å². The summed E-state index contributed by atoms with van der Waals surface area (Å²) in [5.41, 5.74) is -0.192. The normalized spacial score (nSPS) is 31.6. The zero-order valence-electron chi connectivity index (χ0n) is 11.1. The molecule has 2 bridgehead atoms. The van der Waals surface area contributed by atoms with Gasteiger partial charge in [-0.2, -0.15) is 0 Å². The van der Waals surface area contributed by atoms with Gasteiger partial charge in [-0.25, -0.2) is 4.79 Å². The van der Waals surface area contributed by atoms with E-state index in [0.29, 0.717) is 12.8 Å². The van der Waals surface area contributed by atoms with Gasteiger partial charge in [-0.15, -0.1) is 0 Å². The van der Waals surface area contributed by atoms with Crippen LogP contribution in [0.5, 0.6) is 0 Å². The number of carboxylic acid groups (broad SMARTS) is 1. The van der Waals surface area contributed by atoms with Crippen molar-refractivity contribution in [3.05, 3.63) is 35.9 Å². The van der Waals surface area contributed by atoms with Crippen LogP contribution in [0.3, 0.4) is 0 Å². The molecule has 2 unspecified atom stereocenters. The van der Waals surface area contributed by atoms with Crippen LogP contribution in [0.1, 0.15) is 31.2 Å². The van der Waals surface area contributed by atoms with Crippen molar-refractivity contribution >= 4 is 6.09 Å². The van der Waals surface area contributed by atoms with Crippen LogP contribution < -0.4 is 0 Å². The number of aliphatic hydroxyl groups is 1. The van der Waals surface area contributed by atoms with Crippen molar-refractivity contribution in [2.24, 2.45) is 0 Å². The van der Waals surface area contributed by atoms with Crippen molar-refractivity contribution in [2.45, 2.75) is 43.4 Å². The van der Waals surface area contributed by atoms with E-state index >= 15 is 0 Å². The van der Waals surface area contributed by atoms with Gasteiger partial charge in [0.2, 0.25) is 0 Å². The van der Waals surface area contributed by atoms with Crippen LogP contribution in [0.2, 0.25) is 0 Å². The monoisotopic (exact) mass is 271 g/mol. The first-order valence-corrected chi connectivity index (χ1v) is 6.89. The number of rotatable bonds is 0. The van der Waals surface area contributed by atoms with Gasteiger partial charge < -0.3 is 15.1 Å². The maximum atomic E-state index is 11.2. The van der Waals surface area contributed by atoms with Crippen molar-refractivity contribution < 1.29 is 15.0 Å². The quantitative estimate of drug-likeness (QED) is 0.710. The second kappa shape index (κ2) is 4.84. The number of hydrogen-bond acceptors (Lipinski definition) is 2. The molecular formula is C16H17NO3. The summed E-state index contributed by atoms with van der Waals surface area (Å²) in [5.74, 6) is 5.96. The number of carbonyl (C=O) groups is 1. The zero-order chi connectivity index (χ0) is 14.2. The molecule has 0 aliphatic carbocycles. The van der Waals surface area contributed by atoms with Crippen molar-refractivity contribution in [1.29, 1.82) is 0 Å². The predicted molar refractivity (Wildman–Crippen MR) is 74.2 cm³/mol. The first-order valence-electron chi connectivity index (χ1n) is 6.89.